The molecule has 0 unspecified atom stereocenters. The second-order valence-electron chi connectivity index (χ2n) is 18.5. The number of anilines is 18. The maximum absolute atomic E-state index is 9.05. The van der Waals surface area contributed by atoms with Gasteiger partial charge in [-0.05, 0) is 0 Å². The van der Waals surface area contributed by atoms with Crippen LogP contribution < -0.4 is 49.0 Å². The first-order valence-corrected chi connectivity index (χ1v) is 28.8. The van der Waals surface area contributed by atoms with Crippen LogP contribution in [0, 0.1) is 38.1 Å². The molecular formula is C64H48N10Pt2-4. The second-order valence-corrected chi connectivity index (χ2v) is 23.7. The third-order valence-corrected chi connectivity index (χ3v) is 20.2. The Hall–Kier alpha value is -8.16. The summed E-state index contributed by atoms with van der Waals surface area (Å²) in [5.41, 5.74) is 12.0. The van der Waals surface area contributed by atoms with E-state index in [2.05, 4.69) is 46.2 Å². The van der Waals surface area contributed by atoms with Crippen LogP contribution in [0.15, 0.2) is 182 Å². The van der Waals surface area contributed by atoms with Crippen LogP contribution in [0.5, 0.6) is 0 Å². The van der Waals surface area contributed by atoms with E-state index in [-0.39, 0.29) is 0 Å². The Bertz CT molecular complexity index is 4050. The second kappa shape index (κ2) is 17.2. The van der Waals surface area contributed by atoms with Crippen molar-refractivity contribution < 1.29 is 51.7 Å². The van der Waals surface area contributed by atoms with Crippen molar-refractivity contribution in [1.82, 2.24) is 0 Å². The van der Waals surface area contributed by atoms with Crippen molar-refractivity contribution in [3.05, 3.63) is 217 Å². The van der Waals surface area contributed by atoms with E-state index >= 15 is 0 Å². The third-order valence-electron chi connectivity index (χ3n) is 14.1. The first-order valence-electron chi connectivity index (χ1n) is 30.3. The van der Waals surface area contributed by atoms with Gasteiger partial charge in [0.25, 0.3) is 0 Å². The predicted molar refractivity (Wildman–Crippen MR) is 309 cm³/mol. The molecule has 12 heteroatoms. The van der Waals surface area contributed by atoms with Gasteiger partial charge in [-0.15, -0.1) is 0 Å². The van der Waals surface area contributed by atoms with E-state index < -0.39 is 63.2 Å². The van der Waals surface area contributed by atoms with Crippen LogP contribution in [0.1, 0.15) is 27.6 Å². The monoisotopic (exact) mass is 1360 g/mol. The summed E-state index contributed by atoms with van der Waals surface area (Å²) in [5.74, 6) is 0. The molecule has 378 valence electrons. The topological polar surface area (TPSA) is 32.4 Å². The Morgan fingerprint density at radius 2 is 0.500 bits per heavy atom. The van der Waals surface area contributed by atoms with E-state index in [1.54, 1.807) is 48.5 Å². The maximum atomic E-state index is 9.05. The summed E-state index contributed by atoms with van der Waals surface area (Å²) in [6.45, 7) is -6.62. The molecule has 76 heavy (non-hydrogen) atoms. The number of hydrogen-bond donors (Lipinski definition) is 0. The summed E-state index contributed by atoms with van der Waals surface area (Å²) in [5, 5.41) is 0. The van der Waals surface area contributed by atoms with Crippen molar-refractivity contribution in [3.63, 3.8) is 0 Å². The van der Waals surface area contributed by atoms with E-state index in [0.29, 0.717) is 108 Å². The summed E-state index contributed by atoms with van der Waals surface area (Å²) < 4.78 is 110. The van der Waals surface area contributed by atoms with Crippen molar-refractivity contribution in [2.45, 2.75) is 13.8 Å². The van der Waals surface area contributed by atoms with Gasteiger partial charge in [0, 0.05) is 0 Å². The van der Waals surface area contributed by atoms with Crippen LogP contribution in [0.2, 0.25) is 0 Å². The van der Waals surface area contributed by atoms with E-state index in [1.165, 1.54) is 19.6 Å². The molecule has 0 aliphatic carbocycles. The van der Waals surface area contributed by atoms with Gasteiger partial charge in [0.2, 0.25) is 0 Å². The fraction of sp³-hybridized carbons (Fsp3) is 0.0938. The molecule has 0 fully saturated rings. The zero-order chi connectivity index (χ0) is 61.1. The normalized spacial score (nSPS) is 19.0. The standard InChI is InChI=1S/C64H48N10.2Pt/c1-45-35-64(74(53-25-17-21-49(39-53)71-43-67(5)57-29-9-13-33-61(57)71)54-26-18-22-50(40-54)72-44-68(6)58-30-10-14-34-62(58)72)46(2)36-63(45)73(51-23-15-19-47(37-51)69-41-65(3)55-27-7-11-31-59(55)69)52-24-16-20-48(38-52)70-42-66(4)56-28-8-12-32-60(56)70;;/h7-36H,1-6H3;;/q-4;;/i3D3,4D3,5D3,6D3;;. The minimum atomic E-state index is -2.67. The van der Waals surface area contributed by atoms with Crippen molar-refractivity contribution in [1.29, 1.82) is 0 Å². The number of hydrogen-bond acceptors (Lipinski definition) is 10. The average molecular weight is 1360 g/mol. The Labute approximate surface area is 476 Å². The third kappa shape index (κ3) is 6.66. The first kappa shape index (κ1) is 34.4. The van der Waals surface area contributed by atoms with Gasteiger partial charge in [-0.3, -0.25) is 0 Å². The molecule has 0 spiro atoms. The van der Waals surface area contributed by atoms with Crippen molar-refractivity contribution in [3.8, 4) is 0 Å². The van der Waals surface area contributed by atoms with Crippen LogP contribution in [0.25, 0.3) is 0 Å². The van der Waals surface area contributed by atoms with Crippen LogP contribution in [0.4, 0.5) is 102 Å². The molecule has 0 N–H and O–H groups in total. The zero-order valence-corrected chi connectivity index (χ0v) is 45.0. The molecule has 10 nitrogen and oxygen atoms in total. The van der Waals surface area contributed by atoms with Gasteiger partial charge in [0.15, 0.2) is 0 Å². The van der Waals surface area contributed by atoms with E-state index in [0.717, 1.165) is 22.5 Å². The predicted octanol–water partition coefficient (Wildman–Crippen LogP) is 13.3. The number of aryl methyl sites for hydroxylation is 2. The zero-order valence-electron chi connectivity index (χ0n) is 52.4. The molecule has 0 amide bonds. The van der Waals surface area contributed by atoms with Crippen molar-refractivity contribution >= 4 is 119 Å². The summed E-state index contributed by atoms with van der Waals surface area (Å²) >= 11 is -3.39. The molecule has 6 aliphatic rings. The van der Waals surface area contributed by atoms with Crippen LogP contribution in [0.3, 0.4) is 0 Å². The molecule has 0 saturated carbocycles. The SMILES string of the molecule is [2H]C([2H])([2H])N1[C]2=[Pt]=[C]3N(c4[c-]c(ccc4)N(c4cc(C)c(N5c6[c-]c(ccc6)N6[C](=[Pt]=[C]7N(c8[c-]c5ccc8)c5ccccc5N7C([2H])([2H])[2H])N(C([2H])([2H])[2H])c5ccccc56)cc4C)c4[c-]c(ccc4)N2c2ccccc21)c1ccccc1N3C([2H])([2H])[2H]. The van der Waals surface area contributed by atoms with Crippen LogP contribution >= 0.6 is 0 Å². The van der Waals surface area contributed by atoms with E-state index in [1.807, 2.05) is 155 Å². The first-order chi connectivity index (χ1) is 42.0. The Morgan fingerprint density at radius 1 is 0.276 bits per heavy atom. The molecule has 8 bridgehead atoms. The minimum absolute atomic E-state index is 0.418. The van der Waals surface area contributed by atoms with Crippen LogP contribution in [-0.4, -0.2) is 44.5 Å². The summed E-state index contributed by atoms with van der Waals surface area (Å²) in [6, 6.07) is 71.5. The summed E-state index contributed by atoms with van der Waals surface area (Å²) in [4.78, 5) is 17.3. The molecule has 0 aromatic heterocycles. The molecular weight excluding hydrogens is 1300 g/mol. The average Bonchev–Trinajstić information content (AvgIpc) is 1.57. The molecule has 0 radical (unpaired) electrons. The van der Waals surface area contributed by atoms with Gasteiger partial charge in [-0.2, -0.15) is 0 Å². The molecule has 9 aromatic carbocycles. The van der Waals surface area contributed by atoms with Crippen LogP contribution in [-0.2, 0) is 35.3 Å². The molecule has 6 aliphatic heterocycles. The Balaban J connectivity index is 0.954. The summed E-state index contributed by atoms with van der Waals surface area (Å²) in [7, 11) is 0. The molecule has 0 saturated heterocycles. The van der Waals surface area contributed by atoms with Gasteiger partial charge in [0.05, 0.1) is 0 Å². The van der Waals surface area contributed by atoms with Crippen molar-refractivity contribution in [2.75, 3.05) is 76.9 Å². The molecule has 15 rings (SSSR count). The van der Waals surface area contributed by atoms with Crippen molar-refractivity contribution in [2.24, 2.45) is 0 Å². The van der Waals surface area contributed by atoms with E-state index in [4.69, 9.17) is 16.4 Å². The number of nitrogens with zero attached hydrogens (tertiary/aromatic N) is 10. The van der Waals surface area contributed by atoms with Gasteiger partial charge >= 0.3 is 479 Å². The van der Waals surface area contributed by atoms with E-state index in [9.17, 15) is 0 Å². The van der Waals surface area contributed by atoms with Gasteiger partial charge in [0.1, 0.15) is 0 Å². The van der Waals surface area contributed by atoms with Gasteiger partial charge in [-0.25, -0.2) is 0 Å². The molecule has 6 heterocycles. The fourth-order valence-corrected chi connectivity index (χ4v) is 16.9. The Morgan fingerprint density at radius 3 is 0.737 bits per heavy atom. The number of rotatable bonds is 2. The number of para-hydroxylation sites is 8. The summed E-state index contributed by atoms with van der Waals surface area (Å²) in [6.07, 6.45) is 0. The molecule has 9 aromatic rings. The number of fused-ring (bicyclic) bond motifs is 24. The quantitative estimate of drug-likeness (QED) is 0.156. The fourth-order valence-electron chi connectivity index (χ4n) is 10.7. The molecule has 0 atom stereocenters. The van der Waals surface area contributed by atoms with Gasteiger partial charge in [-0.1, -0.05) is 0 Å². The number of benzene rings is 9. The Kier molecular flexibility index (Phi) is 7.78. The van der Waals surface area contributed by atoms with Gasteiger partial charge < -0.3 is 0 Å².